The Bertz CT molecular complexity index is 1090. The molecule has 0 spiro atoms. The van der Waals surface area contributed by atoms with Crippen LogP contribution in [0.2, 0.25) is 0 Å². The molecular weight excluding hydrogens is 418 g/mol. The normalized spacial score (nSPS) is 22.4. The first-order chi connectivity index (χ1) is 15.7. The molecule has 0 bridgehead atoms. The summed E-state index contributed by atoms with van der Waals surface area (Å²) in [5.74, 6) is 0.471. The first-order valence-electron chi connectivity index (χ1n) is 11.3. The summed E-state index contributed by atoms with van der Waals surface area (Å²) < 4.78 is 0. The number of piperidine rings is 1. The number of rotatable bonds is 5. The third kappa shape index (κ3) is 4.49. The Morgan fingerprint density at radius 3 is 2.45 bits per heavy atom. The molecule has 2 aliphatic rings. The lowest BCUT2D eigenvalue weighted by Gasteiger charge is -2.33. The van der Waals surface area contributed by atoms with Crippen LogP contribution in [-0.2, 0) is 15.1 Å². The van der Waals surface area contributed by atoms with Crippen LogP contribution in [0.1, 0.15) is 32.3 Å². The Morgan fingerprint density at radius 2 is 1.82 bits per heavy atom. The van der Waals surface area contributed by atoms with Crippen LogP contribution in [-0.4, -0.2) is 54.3 Å². The van der Waals surface area contributed by atoms with E-state index in [0.29, 0.717) is 25.3 Å². The molecule has 2 unspecified atom stereocenters. The number of amides is 2. The van der Waals surface area contributed by atoms with Gasteiger partial charge in [-0.05, 0) is 54.5 Å². The van der Waals surface area contributed by atoms with Crippen LogP contribution in [0.5, 0.6) is 0 Å². The fourth-order valence-corrected chi connectivity index (χ4v) is 4.68. The van der Waals surface area contributed by atoms with E-state index in [-0.39, 0.29) is 28.8 Å². The van der Waals surface area contributed by atoms with E-state index in [1.165, 1.54) is 0 Å². The number of likely N-dealkylation sites (tertiary alicyclic amines) is 1. The maximum atomic E-state index is 13.5. The third-order valence-corrected chi connectivity index (χ3v) is 6.80. The second-order valence-electron chi connectivity index (χ2n) is 9.13. The summed E-state index contributed by atoms with van der Waals surface area (Å²) >= 11 is 0. The molecule has 174 valence electrons. The van der Waals surface area contributed by atoms with Gasteiger partial charge in [0.25, 0.3) is 5.91 Å². The number of carbonyl (C=O) groups is 2. The van der Waals surface area contributed by atoms with Crippen molar-refractivity contribution in [3.63, 3.8) is 0 Å². The lowest BCUT2D eigenvalue weighted by Crippen LogP contribution is -2.98. The number of nitrogens with zero attached hydrogens (tertiary/aromatic N) is 3. The van der Waals surface area contributed by atoms with Crippen LogP contribution in [0.3, 0.4) is 0 Å². The molecular formula is C25H31N5O3. The Kier molecular flexibility index (Phi) is 6.23. The number of aliphatic imine (C=N–C) groups is 1. The lowest BCUT2D eigenvalue weighted by atomic mass is 9.89. The first-order valence-corrected chi connectivity index (χ1v) is 11.3. The van der Waals surface area contributed by atoms with Gasteiger partial charge in [0.15, 0.2) is 11.5 Å². The van der Waals surface area contributed by atoms with Gasteiger partial charge in [-0.25, -0.2) is 4.99 Å². The molecule has 3 N–H and O–H groups in total. The van der Waals surface area contributed by atoms with E-state index in [0.717, 1.165) is 29.5 Å². The van der Waals surface area contributed by atoms with E-state index in [4.69, 9.17) is 5.73 Å². The SMILES string of the molecule is CC(=O)N1CCC(CN2C(=O)C(C)(c3cccc(-c4cccc([NH+](C)[O-])c4)c3)N=C2N)CC1. The fourth-order valence-electron chi connectivity index (χ4n) is 4.68. The molecule has 2 aromatic carbocycles. The van der Waals surface area contributed by atoms with Crippen molar-refractivity contribution in [1.29, 1.82) is 0 Å². The lowest BCUT2D eigenvalue weighted by molar-refractivity contribution is -0.751. The molecule has 4 rings (SSSR count). The molecule has 8 nitrogen and oxygen atoms in total. The van der Waals surface area contributed by atoms with Crippen LogP contribution in [0, 0.1) is 11.1 Å². The number of nitrogens with one attached hydrogen (secondary N) is 1. The number of hydrogen-bond acceptors (Lipinski definition) is 5. The van der Waals surface area contributed by atoms with E-state index in [2.05, 4.69) is 4.99 Å². The second-order valence-corrected chi connectivity index (χ2v) is 9.13. The summed E-state index contributed by atoms with van der Waals surface area (Å²) in [6.07, 6.45) is 1.69. The molecule has 2 heterocycles. The number of carbonyl (C=O) groups excluding carboxylic acids is 2. The molecule has 0 saturated carbocycles. The molecule has 2 amide bonds. The summed E-state index contributed by atoms with van der Waals surface area (Å²) in [6.45, 7) is 5.31. The van der Waals surface area contributed by atoms with Gasteiger partial charge in [0.2, 0.25) is 5.91 Å². The number of hydrogen-bond donors (Lipinski definition) is 2. The minimum absolute atomic E-state index is 0.00749. The van der Waals surface area contributed by atoms with Crippen molar-refractivity contribution in [3.05, 3.63) is 59.3 Å². The summed E-state index contributed by atoms with van der Waals surface area (Å²) in [6, 6.07) is 15.1. The molecule has 0 aliphatic carbocycles. The van der Waals surface area contributed by atoms with E-state index >= 15 is 0 Å². The Hall–Kier alpha value is -3.23. The van der Waals surface area contributed by atoms with Crippen LogP contribution in [0.25, 0.3) is 11.1 Å². The van der Waals surface area contributed by atoms with Crippen LogP contribution >= 0.6 is 0 Å². The van der Waals surface area contributed by atoms with Gasteiger partial charge >= 0.3 is 0 Å². The molecule has 0 aromatic heterocycles. The standard InChI is InChI=1S/C25H31N5O3/c1-17(31)29-12-10-18(11-13-29)16-30-23(32)25(2,27-24(30)26)21-8-4-6-19(14-21)20-7-5-9-22(15-20)28(3)33/h4-9,14-15,18,28H,10-13,16H2,1-3H3,(H2,26,27). The zero-order valence-electron chi connectivity index (χ0n) is 19.4. The maximum Gasteiger partial charge on any atom is 0.261 e. The predicted octanol–water partition coefficient (Wildman–Crippen LogP) is 1.63. The highest BCUT2D eigenvalue weighted by Gasteiger charge is 2.46. The van der Waals surface area contributed by atoms with Gasteiger partial charge in [0, 0.05) is 32.6 Å². The quantitative estimate of drug-likeness (QED) is 0.677. The molecule has 2 atom stereocenters. The van der Waals surface area contributed by atoms with Gasteiger partial charge in [-0.1, -0.05) is 30.3 Å². The third-order valence-electron chi connectivity index (χ3n) is 6.80. The maximum absolute atomic E-state index is 13.5. The van der Waals surface area contributed by atoms with Crippen molar-refractivity contribution < 1.29 is 14.7 Å². The highest BCUT2D eigenvalue weighted by molar-refractivity contribution is 6.07. The van der Waals surface area contributed by atoms with Crippen LogP contribution in [0.15, 0.2) is 53.5 Å². The highest BCUT2D eigenvalue weighted by atomic mass is 16.5. The minimum Gasteiger partial charge on any atom is -0.629 e. The van der Waals surface area contributed by atoms with Crippen LogP contribution in [0.4, 0.5) is 5.69 Å². The van der Waals surface area contributed by atoms with Gasteiger partial charge in [-0.3, -0.25) is 14.5 Å². The summed E-state index contributed by atoms with van der Waals surface area (Å²) in [4.78, 5) is 33.1. The van der Waals surface area contributed by atoms with Crippen molar-refractivity contribution in [2.45, 2.75) is 32.2 Å². The van der Waals surface area contributed by atoms with E-state index in [1.54, 1.807) is 31.9 Å². The van der Waals surface area contributed by atoms with Gasteiger partial charge < -0.3 is 20.9 Å². The Balaban J connectivity index is 1.54. The highest BCUT2D eigenvalue weighted by Crippen LogP contribution is 2.36. The molecule has 1 fully saturated rings. The van der Waals surface area contributed by atoms with E-state index < -0.39 is 5.54 Å². The molecule has 33 heavy (non-hydrogen) atoms. The number of quaternary nitrogens is 1. The topological polar surface area (TPSA) is 106 Å². The number of nitrogens with two attached hydrogens (primary N) is 1. The Labute approximate surface area is 194 Å². The van der Waals surface area contributed by atoms with Gasteiger partial charge in [0.1, 0.15) is 5.69 Å². The number of benzene rings is 2. The van der Waals surface area contributed by atoms with Crippen molar-refractivity contribution >= 4 is 23.5 Å². The van der Waals surface area contributed by atoms with Gasteiger partial charge in [-0.15, -0.1) is 0 Å². The first kappa shape index (κ1) is 22.9. The zero-order chi connectivity index (χ0) is 23.8. The number of hydroxylamine groups is 1. The van der Waals surface area contributed by atoms with Crippen LogP contribution < -0.4 is 10.8 Å². The average molecular weight is 450 g/mol. The summed E-state index contributed by atoms with van der Waals surface area (Å²) in [5.41, 5.74) is 8.35. The second kappa shape index (κ2) is 8.96. The minimum atomic E-state index is -1.10. The van der Waals surface area contributed by atoms with Crippen molar-refractivity contribution in [2.24, 2.45) is 16.6 Å². The number of guanidine groups is 1. The Morgan fingerprint density at radius 1 is 1.18 bits per heavy atom. The van der Waals surface area contributed by atoms with Gasteiger partial charge in [0.05, 0.1) is 7.05 Å². The largest absolute Gasteiger partial charge is 0.629 e. The zero-order valence-corrected chi connectivity index (χ0v) is 19.4. The van der Waals surface area contributed by atoms with E-state index in [1.807, 2.05) is 47.4 Å². The predicted molar refractivity (Wildman–Crippen MR) is 127 cm³/mol. The summed E-state index contributed by atoms with van der Waals surface area (Å²) in [5, 5.41) is 11.8. The van der Waals surface area contributed by atoms with Gasteiger partial charge in [-0.2, -0.15) is 0 Å². The van der Waals surface area contributed by atoms with E-state index in [9.17, 15) is 14.8 Å². The summed E-state index contributed by atoms with van der Waals surface area (Å²) in [7, 11) is 1.55. The van der Waals surface area contributed by atoms with Crippen molar-refractivity contribution in [2.75, 3.05) is 26.7 Å². The average Bonchev–Trinajstić information content (AvgIpc) is 3.03. The smallest absolute Gasteiger partial charge is 0.261 e. The molecule has 1 saturated heterocycles. The molecule has 2 aromatic rings. The molecule has 8 heteroatoms. The van der Waals surface area contributed by atoms with Crippen molar-refractivity contribution in [1.82, 2.24) is 9.80 Å². The fraction of sp³-hybridized carbons (Fsp3) is 0.400. The monoisotopic (exact) mass is 449 g/mol. The molecule has 0 radical (unpaired) electrons. The van der Waals surface area contributed by atoms with Crippen molar-refractivity contribution in [3.8, 4) is 11.1 Å². The molecule has 2 aliphatic heterocycles.